The van der Waals surface area contributed by atoms with Crippen LogP contribution in [0.25, 0.3) is 0 Å². The summed E-state index contributed by atoms with van der Waals surface area (Å²) in [7, 11) is 1.39. The maximum Gasteiger partial charge on any atom is 0.338 e. The number of benzene rings is 1. The van der Waals surface area contributed by atoms with Crippen LogP contribution in [-0.4, -0.2) is 31.4 Å². The lowest BCUT2D eigenvalue weighted by atomic mass is 10.0. The molecule has 1 fully saturated rings. The largest absolute Gasteiger partial charge is 0.465 e. The SMILES string of the molecule is COC(=O)c1ccccc1COC1CC(C)OC(C)C1. The standard InChI is InChI=1S/C16H22O4/c1-11-8-14(9-12(2)20-11)19-10-13-6-4-5-7-15(13)16(17)18-3/h4-7,11-12,14H,8-10H2,1-3H3. The monoisotopic (exact) mass is 278 g/mol. The maximum absolute atomic E-state index is 11.7. The van der Waals surface area contributed by atoms with E-state index in [4.69, 9.17) is 14.2 Å². The lowest BCUT2D eigenvalue weighted by Gasteiger charge is -2.32. The molecule has 0 saturated carbocycles. The molecule has 110 valence electrons. The van der Waals surface area contributed by atoms with Gasteiger partial charge in [0.2, 0.25) is 0 Å². The fourth-order valence-corrected chi connectivity index (χ4v) is 2.64. The van der Waals surface area contributed by atoms with Crippen molar-refractivity contribution in [2.45, 2.75) is 51.6 Å². The van der Waals surface area contributed by atoms with Crippen molar-refractivity contribution in [3.63, 3.8) is 0 Å². The van der Waals surface area contributed by atoms with Gasteiger partial charge in [-0.25, -0.2) is 4.79 Å². The van der Waals surface area contributed by atoms with Crippen molar-refractivity contribution in [2.75, 3.05) is 7.11 Å². The zero-order valence-corrected chi connectivity index (χ0v) is 12.3. The van der Waals surface area contributed by atoms with Crippen molar-refractivity contribution in [3.05, 3.63) is 35.4 Å². The van der Waals surface area contributed by atoms with Crippen LogP contribution in [0.3, 0.4) is 0 Å². The molecule has 2 unspecified atom stereocenters. The van der Waals surface area contributed by atoms with Gasteiger partial charge < -0.3 is 14.2 Å². The molecule has 0 radical (unpaired) electrons. The van der Waals surface area contributed by atoms with Crippen LogP contribution in [0.5, 0.6) is 0 Å². The fraction of sp³-hybridized carbons (Fsp3) is 0.562. The molecule has 0 N–H and O–H groups in total. The fourth-order valence-electron chi connectivity index (χ4n) is 2.64. The van der Waals surface area contributed by atoms with Crippen LogP contribution in [-0.2, 0) is 20.8 Å². The molecule has 1 aliphatic rings. The predicted molar refractivity (Wildman–Crippen MR) is 75.6 cm³/mol. The minimum Gasteiger partial charge on any atom is -0.465 e. The summed E-state index contributed by atoms with van der Waals surface area (Å²) in [5, 5.41) is 0. The van der Waals surface area contributed by atoms with Crippen LogP contribution in [0.2, 0.25) is 0 Å². The van der Waals surface area contributed by atoms with Gasteiger partial charge in [0, 0.05) is 0 Å². The third-order valence-corrected chi connectivity index (χ3v) is 3.55. The molecule has 4 heteroatoms. The molecular weight excluding hydrogens is 256 g/mol. The number of ether oxygens (including phenoxy) is 3. The molecule has 1 saturated heterocycles. The first-order valence-corrected chi connectivity index (χ1v) is 7.03. The molecule has 0 bridgehead atoms. The Balaban J connectivity index is 1.98. The predicted octanol–water partition coefficient (Wildman–Crippen LogP) is 2.95. The van der Waals surface area contributed by atoms with Crippen molar-refractivity contribution >= 4 is 5.97 Å². The van der Waals surface area contributed by atoms with Gasteiger partial charge in [-0.1, -0.05) is 18.2 Å². The van der Waals surface area contributed by atoms with Crippen molar-refractivity contribution in [2.24, 2.45) is 0 Å². The zero-order chi connectivity index (χ0) is 14.5. The highest BCUT2D eigenvalue weighted by Gasteiger charge is 2.25. The topological polar surface area (TPSA) is 44.8 Å². The minimum absolute atomic E-state index is 0.180. The molecule has 0 spiro atoms. The quantitative estimate of drug-likeness (QED) is 0.794. The molecule has 20 heavy (non-hydrogen) atoms. The first kappa shape index (κ1) is 15.0. The van der Waals surface area contributed by atoms with Crippen LogP contribution >= 0.6 is 0 Å². The molecule has 1 heterocycles. The molecule has 0 aliphatic carbocycles. The normalized spacial score (nSPS) is 26.2. The Morgan fingerprint density at radius 2 is 1.90 bits per heavy atom. The Bertz CT molecular complexity index is 448. The number of methoxy groups -OCH3 is 1. The first-order valence-electron chi connectivity index (χ1n) is 7.03. The molecule has 0 aromatic heterocycles. The molecule has 4 nitrogen and oxygen atoms in total. The lowest BCUT2D eigenvalue weighted by molar-refractivity contribution is -0.106. The molecule has 0 amide bonds. The van der Waals surface area contributed by atoms with Gasteiger partial charge in [0.25, 0.3) is 0 Å². The highest BCUT2D eigenvalue weighted by Crippen LogP contribution is 2.23. The average molecular weight is 278 g/mol. The van der Waals surface area contributed by atoms with E-state index < -0.39 is 0 Å². The van der Waals surface area contributed by atoms with Crippen molar-refractivity contribution in [1.82, 2.24) is 0 Å². The summed E-state index contributed by atoms with van der Waals surface area (Å²) in [4.78, 5) is 11.7. The molecule has 2 rings (SSSR count). The Kier molecular flexibility index (Phi) is 5.15. The summed E-state index contributed by atoms with van der Waals surface area (Å²) in [5.41, 5.74) is 1.44. The average Bonchev–Trinajstić information content (AvgIpc) is 2.43. The number of carbonyl (C=O) groups is 1. The van der Waals surface area contributed by atoms with E-state index in [0.717, 1.165) is 18.4 Å². The van der Waals surface area contributed by atoms with Crippen LogP contribution in [0.15, 0.2) is 24.3 Å². The Morgan fingerprint density at radius 1 is 1.25 bits per heavy atom. The minimum atomic E-state index is -0.321. The number of esters is 1. The molecule has 1 aromatic rings. The molecule has 1 aliphatic heterocycles. The van der Waals surface area contributed by atoms with Crippen LogP contribution in [0.1, 0.15) is 42.6 Å². The number of carbonyl (C=O) groups excluding carboxylic acids is 1. The summed E-state index contributed by atoms with van der Waals surface area (Å²) < 4.78 is 16.4. The smallest absolute Gasteiger partial charge is 0.338 e. The van der Waals surface area contributed by atoms with Gasteiger partial charge in [0.1, 0.15) is 0 Å². The Labute approximate surface area is 120 Å². The van der Waals surface area contributed by atoms with Crippen LogP contribution in [0.4, 0.5) is 0 Å². The van der Waals surface area contributed by atoms with Crippen molar-refractivity contribution < 1.29 is 19.0 Å². The van der Waals surface area contributed by atoms with E-state index in [2.05, 4.69) is 13.8 Å². The highest BCUT2D eigenvalue weighted by molar-refractivity contribution is 5.90. The van der Waals surface area contributed by atoms with E-state index in [0.29, 0.717) is 12.2 Å². The number of rotatable bonds is 4. The van der Waals surface area contributed by atoms with Gasteiger partial charge in [0.15, 0.2) is 0 Å². The Morgan fingerprint density at radius 3 is 2.55 bits per heavy atom. The third-order valence-electron chi connectivity index (χ3n) is 3.55. The maximum atomic E-state index is 11.7. The van der Waals surface area contributed by atoms with Gasteiger partial charge in [-0.15, -0.1) is 0 Å². The van der Waals surface area contributed by atoms with Gasteiger partial charge in [-0.3, -0.25) is 0 Å². The van der Waals surface area contributed by atoms with Crippen LogP contribution in [0, 0.1) is 0 Å². The second kappa shape index (κ2) is 6.86. The number of hydrogen-bond donors (Lipinski definition) is 0. The lowest BCUT2D eigenvalue weighted by Crippen LogP contribution is -2.34. The van der Waals surface area contributed by atoms with E-state index in [-0.39, 0.29) is 24.3 Å². The van der Waals surface area contributed by atoms with Gasteiger partial charge in [0.05, 0.1) is 37.6 Å². The molecule has 1 aromatic carbocycles. The Hall–Kier alpha value is -1.39. The van der Waals surface area contributed by atoms with E-state index >= 15 is 0 Å². The number of hydrogen-bond acceptors (Lipinski definition) is 4. The summed E-state index contributed by atoms with van der Waals surface area (Å²) >= 11 is 0. The van der Waals surface area contributed by atoms with E-state index in [1.54, 1.807) is 6.07 Å². The summed E-state index contributed by atoms with van der Waals surface area (Å²) in [6.07, 6.45) is 2.41. The third kappa shape index (κ3) is 3.81. The van der Waals surface area contributed by atoms with Gasteiger partial charge in [-0.05, 0) is 38.3 Å². The first-order chi connectivity index (χ1) is 9.60. The van der Waals surface area contributed by atoms with Gasteiger partial charge in [-0.2, -0.15) is 0 Å². The van der Waals surface area contributed by atoms with Gasteiger partial charge >= 0.3 is 5.97 Å². The molecule has 2 atom stereocenters. The summed E-state index contributed by atoms with van der Waals surface area (Å²) in [6, 6.07) is 7.40. The van der Waals surface area contributed by atoms with Crippen molar-refractivity contribution in [1.29, 1.82) is 0 Å². The van der Waals surface area contributed by atoms with E-state index in [9.17, 15) is 4.79 Å². The second-order valence-corrected chi connectivity index (χ2v) is 5.31. The van der Waals surface area contributed by atoms with E-state index in [1.807, 2.05) is 18.2 Å². The zero-order valence-electron chi connectivity index (χ0n) is 12.3. The molecular formula is C16H22O4. The summed E-state index contributed by atoms with van der Waals surface area (Å²) in [5.74, 6) is -0.321. The van der Waals surface area contributed by atoms with E-state index in [1.165, 1.54) is 7.11 Å². The second-order valence-electron chi connectivity index (χ2n) is 5.31. The van der Waals surface area contributed by atoms with Crippen molar-refractivity contribution in [3.8, 4) is 0 Å². The van der Waals surface area contributed by atoms with Crippen LogP contribution < -0.4 is 0 Å². The summed E-state index contributed by atoms with van der Waals surface area (Å²) in [6.45, 7) is 4.55. The highest BCUT2D eigenvalue weighted by atomic mass is 16.5.